The minimum Gasteiger partial charge on any atom is -0.384 e. The molecule has 1 aliphatic rings. The molecule has 0 aliphatic heterocycles. The molecular formula is C18H19BrO. The van der Waals surface area contributed by atoms with Crippen molar-refractivity contribution in [3.8, 4) is 0 Å². The van der Waals surface area contributed by atoms with Crippen molar-refractivity contribution in [2.75, 3.05) is 0 Å². The first kappa shape index (κ1) is 13.8. The van der Waals surface area contributed by atoms with Crippen LogP contribution < -0.4 is 0 Å². The van der Waals surface area contributed by atoms with Crippen LogP contribution in [0.1, 0.15) is 46.8 Å². The number of aliphatic hydroxyl groups is 1. The molecule has 1 atom stereocenters. The van der Waals surface area contributed by atoms with Gasteiger partial charge >= 0.3 is 0 Å². The molecule has 0 aromatic heterocycles. The van der Waals surface area contributed by atoms with Gasteiger partial charge in [-0.05, 0) is 60.4 Å². The van der Waals surface area contributed by atoms with E-state index in [0.717, 1.165) is 27.6 Å². The highest BCUT2D eigenvalue weighted by Gasteiger charge is 2.17. The third kappa shape index (κ3) is 2.55. The van der Waals surface area contributed by atoms with Crippen molar-refractivity contribution in [1.82, 2.24) is 0 Å². The van der Waals surface area contributed by atoms with Gasteiger partial charge in [-0.15, -0.1) is 0 Å². The van der Waals surface area contributed by atoms with Gasteiger partial charge in [-0.3, -0.25) is 0 Å². The third-order valence-corrected chi connectivity index (χ3v) is 5.29. The van der Waals surface area contributed by atoms with Gasteiger partial charge in [0.25, 0.3) is 0 Å². The van der Waals surface area contributed by atoms with Crippen molar-refractivity contribution < 1.29 is 5.11 Å². The van der Waals surface area contributed by atoms with Crippen molar-refractivity contribution in [3.05, 3.63) is 68.7 Å². The number of aryl methyl sites for hydroxylation is 3. The molecule has 0 bridgehead atoms. The number of hydrogen-bond acceptors (Lipinski definition) is 1. The highest BCUT2D eigenvalue weighted by atomic mass is 79.9. The first-order chi connectivity index (χ1) is 9.66. The number of hydrogen-bond donors (Lipinski definition) is 1. The molecule has 1 N–H and O–H groups in total. The fourth-order valence-electron chi connectivity index (χ4n) is 2.98. The predicted molar refractivity (Wildman–Crippen MR) is 86.0 cm³/mol. The fourth-order valence-corrected chi connectivity index (χ4v) is 3.47. The van der Waals surface area contributed by atoms with Gasteiger partial charge in [0, 0.05) is 4.47 Å². The van der Waals surface area contributed by atoms with Crippen LogP contribution in [0.3, 0.4) is 0 Å². The lowest BCUT2D eigenvalue weighted by molar-refractivity contribution is 0.219. The minimum atomic E-state index is -0.559. The molecule has 2 aromatic rings. The molecule has 0 radical (unpaired) electrons. The summed E-state index contributed by atoms with van der Waals surface area (Å²) in [6.45, 7) is 2.05. The zero-order valence-electron chi connectivity index (χ0n) is 11.7. The largest absolute Gasteiger partial charge is 0.384 e. The van der Waals surface area contributed by atoms with Gasteiger partial charge in [0.1, 0.15) is 6.10 Å². The molecule has 1 nitrogen and oxygen atoms in total. The molecule has 104 valence electrons. The number of benzene rings is 2. The topological polar surface area (TPSA) is 20.2 Å². The van der Waals surface area contributed by atoms with Crippen LogP contribution in [0.5, 0.6) is 0 Å². The lowest BCUT2D eigenvalue weighted by atomic mass is 9.88. The second-order valence-corrected chi connectivity index (χ2v) is 6.41. The Morgan fingerprint density at radius 2 is 1.80 bits per heavy atom. The smallest absolute Gasteiger partial charge is 0.105 e. The quantitative estimate of drug-likeness (QED) is 0.844. The van der Waals surface area contributed by atoms with Crippen LogP contribution in [0, 0.1) is 6.92 Å². The molecule has 0 spiro atoms. The average Bonchev–Trinajstić information content (AvgIpc) is 2.49. The molecular weight excluding hydrogens is 312 g/mol. The maximum absolute atomic E-state index is 10.7. The van der Waals surface area contributed by atoms with Gasteiger partial charge in [0.2, 0.25) is 0 Å². The summed E-state index contributed by atoms with van der Waals surface area (Å²) in [5.41, 5.74) is 5.96. The summed E-state index contributed by atoms with van der Waals surface area (Å²) in [4.78, 5) is 0. The molecule has 1 unspecified atom stereocenters. The zero-order chi connectivity index (χ0) is 14.1. The first-order valence-electron chi connectivity index (χ1n) is 7.21. The van der Waals surface area contributed by atoms with Crippen LogP contribution in [0.15, 0.2) is 40.9 Å². The minimum absolute atomic E-state index is 0.559. The van der Waals surface area contributed by atoms with Gasteiger partial charge in [-0.25, -0.2) is 0 Å². The molecule has 0 saturated heterocycles. The van der Waals surface area contributed by atoms with Crippen molar-refractivity contribution in [1.29, 1.82) is 0 Å². The summed E-state index contributed by atoms with van der Waals surface area (Å²) in [6, 6.07) is 12.5. The Balaban J connectivity index is 1.98. The summed E-state index contributed by atoms with van der Waals surface area (Å²) in [5.74, 6) is 0. The van der Waals surface area contributed by atoms with Crippen LogP contribution in [-0.4, -0.2) is 5.11 Å². The Bertz CT molecular complexity index is 633. The van der Waals surface area contributed by atoms with Crippen molar-refractivity contribution in [2.24, 2.45) is 0 Å². The Morgan fingerprint density at radius 1 is 1.05 bits per heavy atom. The summed E-state index contributed by atoms with van der Waals surface area (Å²) < 4.78 is 1.00. The van der Waals surface area contributed by atoms with Gasteiger partial charge < -0.3 is 5.11 Å². The van der Waals surface area contributed by atoms with E-state index < -0.39 is 6.10 Å². The molecule has 3 rings (SSSR count). The maximum Gasteiger partial charge on any atom is 0.105 e. The van der Waals surface area contributed by atoms with Gasteiger partial charge in [-0.1, -0.05) is 52.3 Å². The molecule has 2 aromatic carbocycles. The number of fused-ring (bicyclic) bond motifs is 1. The fraction of sp³-hybridized carbons (Fsp3) is 0.333. The van der Waals surface area contributed by atoms with Crippen LogP contribution in [0.2, 0.25) is 0 Å². The van der Waals surface area contributed by atoms with E-state index in [2.05, 4.69) is 34.1 Å². The molecule has 0 fully saturated rings. The summed E-state index contributed by atoms with van der Waals surface area (Å²) in [6.07, 6.45) is 4.32. The summed E-state index contributed by atoms with van der Waals surface area (Å²) in [5, 5.41) is 10.7. The van der Waals surface area contributed by atoms with Crippen LogP contribution in [0.25, 0.3) is 0 Å². The van der Waals surface area contributed by atoms with Crippen molar-refractivity contribution >= 4 is 15.9 Å². The molecule has 0 heterocycles. The van der Waals surface area contributed by atoms with Gasteiger partial charge in [0.15, 0.2) is 0 Å². The molecule has 0 amide bonds. The Labute approximate surface area is 128 Å². The monoisotopic (exact) mass is 330 g/mol. The van der Waals surface area contributed by atoms with Crippen LogP contribution in [0.4, 0.5) is 0 Å². The second kappa shape index (κ2) is 5.71. The van der Waals surface area contributed by atoms with E-state index in [1.807, 2.05) is 25.1 Å². The van der Waals surface area contributed by atoms with E-state index >= 15 is 0 Å². The standard InChI is InChI=1S/C18H19BrO/c1-12-5-4-8-16(17(12)19)18(20)15-10-9-13-6-2-3-7-14(13)11-15/h4-5,8-11,18,20H,2-3,6-7H2,1H3. The Kier molecular flexibility index (Phi) is 3.95. The number of halogens is 1. The lowest BCUT2D eigenvalue weighted by Crippen LogP contribution is -2.06. The zero-order valence-corrected chi connectivity index (χ0v) is 13.3. The SMILES string of the molecule is Cc1cccc(C(O)c2ccc3c(c2)CCCC3)c1Br. The number of rotatable bonds is 2. The third-order valence-electron chi connectivity index (χ3n) is 4.20. The highest BCUT2D eigenvalue weighted by molar-refractivity contribution is 9.10. The highest BCUT2D eigenvalue weighted by Crippen LogP contribution is 2.32. The predicted octanol–water partition coefficient (Wildman–Crippen LogP) is 4.72. The van der Waals surface area contributed by atoms with Crippen LogP contribution >= 0.6 is 15.9 Å². The second-order valence-electron chi connectivity index (χ2n) is 5.62. The first-order valence-corrected chi connectivity index (χ1v) is 8.01. The Morgan fingerprint density at radius 3 is 2.60 bits per heavy atom. The Hall–Kier alpha value is -1.12. The average molecular weight is 331 g/mol. The van der Waals surface area contributed by atoms with E-state index in [1.54, 1.807) is 0 Å². The maximum atomic E-state index is 10.7. The van der Waals surface area contributed by atoms with Crippen molar-refractivity contribution in [3.63, 3.8) is 0 Å². The van der Waals surface area contributed by atoms with Crippen molar-refractivity contribution in [2.45, 2.75) is 38.7 Å². The normalized spacial score (nSPS) is 15.8. The lowest BCUT2D eigenvalue weighted by Gasteiger charge is -2.20. The number of aliphatic hydroxyl groups excluding tert-OH is 1. The molecule has 0 saturated carbocycles. The van der Waals surface area contributed by atoms with E-state index in [4.69, 9.17) is 0 Å². The molecule has 2 heteroatoms. The summed E-state index contributed by atoms with van der Waals surface area (Å²) in [7, 11) is 0. The van der Waals surface area contributed by atoms with E-state index in [9.17, 15) is 5.11 Å². The van der Waals surface area contributed by atoms with Gasteiger partial charge in [-0.2, -0.15) is 0 Å². The van der Waals surface area contributed by atoms with E-state index in [-0.39, 0.29) is 0 Å². The van der Waals surface area contributed by atoms with Gasteiger partial charge in [0.05, 0.1) is 0 Å². The molecule has 1 aliphatic carbocycles. The molecule has 20 heavy (non-hydrogen) atoms. The van der Waals surface area contributed by atoms with E-state index in [1.165, 1.54) is 30.4 Å². The van der Waals surface area contributed by atoms with Crippen LogP contribution in [-0.2, 0) is 12.8 Å². The summed E-state index contributed by atoms with van der Waals surface area (Å²) >= 11 is 3.59. The van der Waals surface area contributed by atoms with E-state index in [0.29, 0.717) is 0 Å².